The molecule has 0 unspecified atom stereocenters. The van der Waals surface area contributed by atoms with Crippen LogP contribution in [0.25, 0.3) is 21.8 Å². The molecule has 35 heavy (non-hydrogen) atoms. The summed E-state index contributed by atoms with van der Waals surface area (Å²) in [5.41, 5.74) is -0.768. The smallest absolute Gasteiger partial charge is 0.337 e. The predicted octanol–water partition coefficient (Wildman–Crippen LogP) is 3.23. The molecule has 3 N–H and O–H groups in total. The van der Waals surface area contributed by atoms with Gasteiger partial charge in [0.25, 0.3) is 5.56 Å². The van der Waals surface area contributed by atoms with Crippen molar-refractivity contribution in [2.45, 2.75) is 63.0 Å². The van der Waals surface area contributed by atoms with Gasteiger partial charge in [0.05, 0.1) is 16.4 Å². The highest BCUT2D eigenvalue weighted by Crippen LogP contribution is 2.33. The number of hydrogen-bond donors (Lipinski definition) is 3. The van der Waals surface area contributed by atoms with Crippen LogP contribution in [0.2, 0.25) is 0 Å². The fraction of sp³-hybridized carbons (Fsp3) is 0.458. The first-order valence-electron chi connectivity index (χ1n) is 11.4. The van der Waals surface area contributed by atoms with Crippen molar-refractivity contribution in [2.75, 3.05) is 7.05 Å². The Morgan fingerprint density at radius 3 is 2.40 bits per heavy atom. The Morgan fingerprint density at radius 2 is 1.80 bits per heavy atom. The maximum atomic E-state index is 13.5. The van der Waals surface area contributed by atoms with Crippen LogP contribution in [-0.4, -0.2) is 58.4 Å². The van der Waals surface area contributed by atoms with Gasteiger partial charge >= 0.3 is 11.9 Å². The van der Waals surface area contributed by atoms with Crippen LogP contribution in [0, 0.1) is 5.92 Å². The standard InChI is InChI=1S/C24H29N3O7S/c1-24(2,3)34-23(31)13-5-7-14(8-6-13)27(4)35(32,33)15-9-10-18-16(11-15)19-17(22(29)30)12-25-20(19)21(28)26-18/h9-14,25H,5-8H2,1-4H3,(H,26,28)(H,29,30). The van der Waals surface area contributed by atoms with Crippen LogP contribution in [0.3, 0.4) is 0 Å². The number of carboxylic acids is 1. The lowest BCUT2D eigenvalue weighted by Gasteiger charge is -2.34. The highest BCUT2D eigenvalue weighted by atomic mass is 32.2. The number of hydrogen-bond acceptors (Lipinski definition) is 6. The third-order valence-electron chi connectivity index (χ3n) is 6.47. The topological polar surface area (TPSA) is 150 Å². The molecular weight excluding hydrogens is 474 g/mol. The second-order valence-corrected chi connectivity index (χ2v) is 12.0. The third-order valence-corrected chi connectivity index (χ3v) is 8.38. The lowest BCUT2D eigenvalue weighted by Crippen LogP contribution is -2.41. The SMILES string of the molecule is CN(C1CCC(C(=O)OC(C)(C)C)CC1)S(=O)(=O)c1ccc2[nH]c(=O)c3[nH]cc(C(=O)O)c3c2c1. The van der Waals surface area contributed by atoms with E-state index in [2.05, 4.69) is 9.97 Å². The number of carboxylic acid groups (broad SMARTS) is 1. The summed E-state index contributed by atoms with van der Waals surface area (Å²) in [6.07, 6.45) is 3.32. The molecule has 1 saturated carbocycles. The summed E-state index contributed by atoms with van der Waals surface area (Å²) in [7, 11) is -2.41. The maximum Gasteiger partial charge on any atom is 0.337 e. The zero-order chi connectivity index (χ0) is 25.7. The monoisotopic (exact) mass is 503 g/mol. The number of esters is 1. The summed E-state index contributed by atoms with van der Waals surface area (Å²) in [6, 6.07) is 3.97. The summed E-state index contributed by atoms with van der Waals surface area (Å²) >= 11 is 0. The van der Waals surface area contributed by atoms with E-state index in [1.807, 2.05) is 20.8 Å². The molecule has 2 aromatic heterocycles. The molecule has 0 bridgehead atoms. The van der Waals surface area contributed by atoms with Gasteiger partial charge in [-0.25, -0.2) is 13.2 Å². The molecule has 1 aliphatic carbocycles. The van der Waals surface area contributed by atoms with Crippen LogP contribution in [-0.2, 0) is 19.6 Å². The molecule has 0 spiro atoms. The van der Waals surface area contributed by atoms with E-state index in [1.54, 1.807) is 0 Å². The second-order valence-electron chi connectivity index (χ2n) is 9.98. The maximum absolute atomic E-state index is 13.5. The van der Waals surface area contributed by atoms with Gasteiger partial charge in [0.2, 0.25) is 10.0 Å². The first kappa shape index (κ1) is 24.9. The second kappa shape index (κ2) is 8.80. The van der Waals surface area contributed by atoms with E-state index in [0.29, 0.717) is 36.6 Å². The summed E-state index contributed by atoms with van der Waals surface area (Å²) < 4.78 is 33.7. The van der Waals surface area contributed by atoms with Crippen LogP contribution >= 0.6 is 0 Å². The number of nitrogens with zero attached hydrogens (tertiary/aromatic N) is 1. The number of carbonyl (C=O) groups is 2. The number of aromatic nitrogens is 2. The minimum Gasteiger partial charge on any atom is -0.478 e. The average Bonchev–Trinajstić information content (AvgIpc) is 3.24. The van der Waals surface area contributed by atoms with Gasteiger partial charge in [-0.3, -0.25) is 9.59 Å². The van der Waals surface area contributed by atoms with Crippen molar-refractivity contribution >= 4 is 43.8 Å². The Morgan fingerprint density at radius 1 is 1.14 bits per heavy atom. The number of benzene rings is 1. The minimum atomic E-state index is -3.92. The molecule has 1 aromatic carbocycles. The fourth-order valence-electron chi connectivity index (χ4n) is 4.66. The number of aromatic carboxylic acids is 1. The first-order chi connectivity index (χ1) is 16.3. The average molecular weight is 504 g/mol. The Balaban J connectivity index is 1.62. The van der Waals surface area contributed by atoms with Crippen molar-refractivity contribution in [2.24, 2.45) is 5.92 Å². The van der Waals surface area contributed by atoms with Gasteiger partial charge in [0.15, 0.2) is 0 Å². The van der Waals surface area contributed by atoms with Crippen molar-refractivity contribution in [1.29, 1.82) is 0 Å². The van der Waals surface area contributed by atoms with Crippen LogP contribution in [0.4, 0.5) is 0 Å². The van der Waals surface area contributed by atoms with Gasteiger partial charge < -0.3 is 19.8 Å². The molecule has 1 fully saturated rings. The van der Waals surface area contributed by atoms with Gasteiger partial charge in [0.1, 0.15) is 11.1 Å². The minimum absolute atomic E-state index is 0.00680. The van der Waals surface area contributed by atoms with Crippen LogP contribution in [0.5, 0.6) is 0 Å². The largest absolute Gasteiger partial charge is 0.478 e. The van der Waals surface area contributed by atoms with Crippen molar-refractivity contribution < 1.29 is 27.9 Å². The molecule has 4 rings (SSSR count). The highest BCUT2D eigenvalue weighted by Gasteiger charge is 2.35. The highest BCUT2D eigenvalue weighted by molar-refractivity contribution is 7.89. The number of fused-ring (bicyclic) bond motifs is 3. The van der Waals surface area contributed by atoms with Crippen LogP contribution < -0.4 is 5.56 Å². The number of H-pyrrole nitrogens is 2. The van der Waals surface area contributed by atoms with Crippen molar-refractivity contribution in [3.8, 4) is 0 Å². The molecule has 0 radical (unpaired) electrons. The van der Waals surface area contributed by atoms with Crippen molar-refractivity contribution in [3.63, 3.8) is 0 Å². The normalized spacial score (nSPS) is 19.3. The number of nitrogens with one attached hydrogen (secondary N) is 2. The Labute approximate surface area is 202 Å². The van der Waals surface area contributed by atoms with Crippen molar-refractivity contribution in [1.82, 2.24) is 14.3 Å². The molecule has 10 nitrogen and oxygen atoms in total. The van der Waals surface area contributed by atoms with Gasteiger partial charge in [-0.1, -0.05) is 0 Å². The predicted molar refractivity (Wildman–Crippen MR) is 130 cm³/mol. The van der Waals surface area contributed by atoms with Gasteiger partial charge in [-0.05, 0) is 64.7 Å². The molecule has 0 aliphatic heterocycles. The number of ether oxygens (including phenoxy) is 1. The number of sulfonamides is 1. The molecular formula is C24H29N3O7S. The van der Waals surface area contributed by atoms with Gasteiger partial charge in [-0.15, -0.1) is 0 Å². The lowest BCUT2D eigenvalue weighted by atomic mass is 9.86. The van der Waals surface area contributed by atoms with E-state index in [-0.39, 0.29) is 39.3 Å². The van der Waals surface area contributed by atoms with Gasteiger partial charge in [-0.2, -0.15) is 4.31 Å². The summed E-state index contributed by atoms with van der Waals surface area (Å²) in [5, 5.41) is 10.0. The van der Waals surface area contributed by atoms with E-state index in [0.717, 1.165) is 0 Å². The molecule has 0 saturated heterocycles. The van der Waals surface area contributed by atoms with E-state index in [9.17, 15) is 27.9 Å². The molecule has 11 heteroatoms. The summed E-state index contributed by atoms with van der Waals surface area (Å²) in [5.74, 6) is -1.74. The summed E-state index contributed by atoms with van der Waals surface area (Å²) in [6.45, 7) is 5.45. The van der Waals surface area contributed by atoms with Gasteiger partial charge in [0, 0.05) is 35.6 Å². The molecule has 0 amide bonds. The molecule has 1 aliphatic rings. The molecule has 3 aromatic rings. The zero-order valence-corrected chi connectivity index (χ0v) is 20.9. The molecule has 2 heterocycles. The van der Waals surface area contributed by atoms with Crippen LogP contribution in [0.15, 0.2) is 34.1 Å². The number of carbonyl (C=O) groups excluding carboxylic acids is 1. The number of pyridine rings is 1. The Hall–Kier alpha value is -3.18. The Bertz CT molecular complexity index is 1470. The zero-order valence-electron chi connectivity index (χ0n) is 20.0. The molecule has 188 valence electrons. The summed E-state index contributed by atoms with van der Waals surface area (Å²) in [4.78, 5) is 41.7. The Kier molecular flexibility index (Phi) is 6.26. The van der Waals surface area contributed by atoms with E-state index < -0.39 is 27.2 Å². The van der Waals surface area contributed by atoms with E-state index in [1.165, 1.54) is 35.7 Å². The van der Waals surface area contributed by atoms with E-state index >= 15 is 0 Å². The van der Waals surface area contributed by atoms with Crippen molar-refractivity contribution in [3.05, 3.63) is 40.3 Å². The third kappa shape index (κ3) is 4.70. The number of rotatable bonds is 5. The fourth-order valence-corrected chi connectivity index (χ4v) is 6.10. The quantitative estimate of drug-likeness (QED) is 0.452. The van der Waals surface area contributed by atoms with Crippen LogP contribution in [0.1, 0.15) is 56.8 Å². The first-order valence-corrected chi connectivity index (χ1v) is 12.8. The number of aromatic amines is 2. The van der Waals surface area contributed by atoms with E-state index in [4.69, 9.17) is 4.74 Å². The molecule has 0 atom stereocenters. The lowest BCUT2D eigenvalue weighted by molar-refractivity contribution is -0.161.